The molecular weight excluding hydrogens is 348 g/mol. The van der Waals surface area contributed by atoms with Crippen LogP contribution < -0.4 is 15.8 Å². The lowest BCUT2D eigenvalue weighted by Crippen LogP contribution is -2.43. The van der Waals surface area contributed by atoms with E-state index < -0.39 is 0 Å². The molecule has 0 radical (unpaired) electrons. The van der Waals surface area contributed by atoms with Crippen LogP contribution in [-0.2, 0) is 17.9 Å². The van der Waals surface area contributed by atoms with E-state index in [9.17, 15) is 4.79 Å². The number of benzene rings is 2. The monoisotopic (exact) mass is 374 g/mol. The maximum Gasteiger partial charge on any atom is 0.227 e. The minimum atomic E-state index is -0.348. The Morgan fingerprint density at radius 1 is 1.00 bits per heavy atom. The molecule has 1 saturated carbocycles. The van der Waals surface area contributed by atoms with Crippen molar-refractivity contribution in [1.29, 1.82) is 0 Å². The van der Waals surface area contributed by atoms with Crippen LogP contribution in [0.2, 0.25) is 0 Å². The Labute approximate surface area is 161 Å². The first kappa shape index (κ1) is 20.3. The topological polar surface area (TPSA) is 64.4 Å². The molecular formula is C21H27ClN2O2. The van der Waals surface area contributed by atoms with Crippen LogP contribution in [0.3, 0.4) is 0 Å². The van der Waals surface area contributed by atoms with Gasteiger partial charge in [0.2, 0.25) is 5.91 Å². The van der Waals surface area contributed by atoms with Gasteiger partial charge in [-0.05, 0) is 36.1 Å². The molecule has 0 aromatic heterocycles. The zero-order chi connectivity index (χ0) is 17.5. The lowest BCUT2D eigenvalue weighted by Gasteiger charge is -2.25. The highest BCUT2D eigenvalue weighted by Gasteiger charge is 2.39. The summed E-state index contributed by atoms with van der Waals surface area (Å²) >= 11 is 0. The molecule has 1 fully saturated rings. The fourth-order valence-corrected chi connectivity index (χ4v) is 3.39. The Hall–Kier alpha value is -2.04. The number of nitrogens with one attached hydrogen (secondary N) is 1. The third-order valence-electron chi connectivity index (χ3n) is 5.06. The fourth-order valence-electron chi connectivity index (χ4n) is 3.39. The van der Waals surface area contributed by atoms with Crippen molar-refractivity contribution in [3.05, 3.63) is 65.7 Å². The van der Waals surface area contributed by atoms with Gasteiger partial charge in [0.05, 0.1) is 5.41 Å². The molecule has 3 rings (SSSR count). The van der Waals surface area contributed by atoms with Crippen molar-refractivity contribution in [2.45, 2.75) is 38.8 Å². The SMILES string of the molecule is Cl.NCC1(C(=O)NCc2ccc(OCc3ccccc3)cc2)CCCC1. The van der Waals surface area contributed by atoms with Gasteiger partial charge in [0.25, 0.3) is 0 Å². The molecule has 2 aromatic rings. The number of amides is 1. The Morgan fingerprint density at radius 2 is 1.65 bits per heavy atom. The van der Waals surface area contributed by atoms with Gasteiger partial charge in [-0.15, -0.1) is 12.4 Å². The summed E-state index contributed by atoms with van der Waals surface area (Å²) in [5, 5.41) is 3.05. The van der Waals surface area contributed by atoms with Crippen LogP contribution in [0.25, 0.3) is 0 Å². The third kappa shape index (κ3) is 4.99. The number of ether oxygens (including phenoxy) is 1. The second-order valence-corrected chi connectivity index (χ2v) is 6.79. The van der Waals surface area contributed by atoms with Crippen LogP contribution in [0.4, 0.5) is 0 Å². The predicted octanol–water partition coefficient (Wildman–Crippen LogP) is 3.82. The number of carbonyl (C=O) groups is 1. The third-order valence-corrected chi connectivity index (χ3v) is 5.06. The van der Waals surface area contributed by atoms with Crippen molar-refractivity contribution in [1.82, 2.24) is 5.32 Å². The number of hydrogen-bond acceptors (Lipinski definition) is 3. The van der Waals surface area contributed by atoms with E-state index >= 15 is 0 Å². The average Bonchev–Trinajstić information content (AvgIpc) is 3.16. The molecule has 26 heavy (non-hydrogen) atoms. The van der Waals surface area contributed by atoms with E-state index in [1.54, 1.807) is 0 Å². The molecule has 0 unspecified atom stereocenters. The Balaban J connectivity index is 0.00000243. The fraction of sp³-hybridized carbons (Fsp3) is 0.381. The van der Waals surface area contributed by atoms with Crippen molar-refractivity contribution in [3.8, 4) is 5.75 Å². The summed E-state index contributed by atoms with van der Waals surface area (Å²) in [6.07, 6.45) is 4.00. The van der Waals surface area contributed by atoms with E-state index in [0.29, 0.717) is 19.7 Å². The number of carbonyl (C=O) groups excluding carboxylic acids is 1. The highest BCUT2D eigenvalue weighted by Crippen LogP contribution is 2.37. The Bertz CT molecular complexity index is 683. The van der Waals surface area contributed by atoms with Gasteiger partial charge in [-0.1, -0.05) is 55.3 Å². The normalized spacial score (nSPS) is 15.1. The van der Waals surface area contributed by atoms with Gasteiger partial charge < -0.3 is 15.8 Å². The van der Waals surface area contributed by atoms with Gasteiger partial charge in [0.15, 0.2) is 0 Å². The minimum absolute atomic E-state index is 0. The highest BCUT2D eigenvalue weighted by molar-refractivity contribution is 5.85. The van der Waals surface area contributed by atoms with E-state index in [1.165, 1.54) is 0 Å². The van der Waals surface area contributed by atoms with E-state index in [2.05, 4.69) is 5.32 Å². The van der Waals surface area contributed by atoms with Crippen molar-refractivity contribution >= 4 is 18.3 Å². The molecule has 5 heteroatoms. The molecule has 1 aliphatic carbocycles. The summed E-state index contributed by atoms with van der Waals surface area (Å²) in [6, 6.07) is 17.9. The second kappa shape index (κ2) is 9.60. The van der Waals surface area contributed by atoms with Gasteiger partial charge >= 0.3 is 0 Å². The average molecular weight is 375 g/mol. The highest BCUT2D eigenvalue weighted by atomic mass is 35.5. The summed E-state index contributed by atoms with van der Waals surface area (Å²) in [5.41, 5.74) is 7.72. The first-order valence-electron chi connectivity index (χ1n) is 8.96. The molecule has 0 atom stereocenters. The molecule has 0 spiro atoms. The summed E-state index contributed by atoms with van der Waals surface area (Å²) < 4.78 is 5.78. The molecule has 4 nitrogen and oxygen atoms in total. The van der Waals surface area contributed by atoms with Crippen LogP contribution >= 0.6 is 12.4 Å². The quantitative estimate of drug-likeness (QED) is 0.774. The van der Waals surface area contributed by atoms with Crippen molar-refractivity contribution in [2.24, 2.45) is 11.1 Å². The maximum atomic E-state index is 12.5. The molecule has 0 bridgehead atoms. The van der Waals surface area contributed by atoms with Crippen LogP contribution in [0, 0.1) is 5.41 Å². The molecule has 0 aliphatic heterocycles. The summed E-state index contributed by atoms with van der Waals surface area (Å²) in [6.45, 7) is 1.51. The van der Waals surface area contributed by atoms with Crippen LogP contribution in [0.1, 0.15) is 36.8 Å². The molecule has 3 N–H and O–H groups in total. The second-order valence-electron chi connectivity index (χ2n) is 6.79. The van der Waals surface area contributed by atoms with Gasteiger partial charge in [-0.3, -0.25) is 4.79 Å². The minimum Gasteiger partial charge on any atom is -0.489 e. The number of hydrogen-bond donors (Lipinski definition) is 2. The summed E-state index contributed by atoms with van der Waals surface area (Å²) in [4.78, 5) is 12.5. The van der Waals surface area contributed by atoms with E-state index in [-0.39, 0.29) is 23.7 Å². The van der Waals surface area contributed by atoms with Gasteiger partial charge in [-0.25, -0.2) is 0 Å². The van der Waals surface area contributed by atoms with Crippen LogP contribution in [-0.4, -0.2) is 12.5 Å². The summed E-state index contributed by atoms with van der Waals surface area (Å²) in [7, 11) is 0. The van der Waals surface area contributed by atoms with Crippen LogP contribution in [0.15, 0.2) is 54.6 Å². The Morgan fingerprint density at radius 3 is 2.27 bits per heavy atom. The predicted molar refractivity (Wildman–Crippen MR) is 106 cm³/mol. The van der Waals surface area contributed by atoms with Crippen LogP contribution in [0.5, 0.6) is 5.75 Å². The zero-order valence-electron chi connectivity index (χ0n) is 14.9. The van der Waals surface area contributed by atoms with Gasteiger partial charge in [0, 0.05) is 13.1 Å². The van der Waals surface area contributed by atoms with Gasteiger partial charge in [-0.2, -0.15) is 0 Å². The molecule has 0 heterocycles. The number of rotatable bonds is 7. The molecule has 1 aliphatic rings. The van der Waals surface area contributed by atoms with E-state index in [1.807, 2.05) is 54.6 Å². The standard InChI is InChI=1S/C21H26N2O2.ClH/c22-16-21(12-4-5-13-21)20(24)23-14-17-8-10-19(11-9-17)25-15-18-6-2-1-3-7-18;/h1-3,6-11H,4-5,12-16,22H2,(H,23,24);1H. The molecule has 2 aromatic carbocycles. The maximum absolute atomic E-state index is 12.5. The smallest absolute Gasteiger partial charge is 0.227 e. The van der Waals surface area contributed by atoms with Crippen molar-refractivity contribution < 1.29 is 9.53 Å². The van der Waals surface area contributed by atoms with E-state index in [0.717, 1.165) is 42.6 Å². The molecule has 1 amide bonds. The first-order valence-corrected chi connectivity index (χ1v) is 8.96. The van der Waals surface area contributed by atoms with E-state index in [4.69, 9.17) is 10.5 Å². The largest absolute Gasteiger partial charge is 0.489 e. The van der Waals surface area contributed by atoms with Crippen molar-refractivity contribution in [2.75, 3.05) is 6.54 Å². The van der Waals surface area contributed by atoms with Crippen molar-refractivity contribution in [3.63, 3.8) is 0 Å². The lowest BCUT2D eigenvalue weighted by molar-refractivity contribution is -0.130. The number of halogens is 1. The van der Waals surface area contributed by atoms with Gasteiger partial charge in [0.1, 0.15) is 12.4 Å². The molecule has 0 saturated heterocycles. The summed E-state index contributed by atoms with van der Waals surface area (Å²) in [5.74, 6) is 0.921. The zero-order valence-corrected chi connectivity index (χ0v) is 15.8. The lowest BCUT2D eigenvalue weighted by atomic mass is 9.85. The number of nitrogens with two attached hydrogens (primary N) is 1. The molecule has 140 valence electrons. The first-order chi connectivity index (χ1) is 12.2. The Kier molecular flexibility index (Phi) is 7.49.